The quantitative estimate of drug-likeness (QED) is 0.376. The van der Waals surface area contributed by atoms with Gasteiger partial charge >= 0.3 is 5.97 Å². The van der Waals surface area contributed by atoms with Crippen LogP contribution in [0.3, 0.4) is 0 Å². The van der Waals surface area contributed by atoms with Gasteiger partial charge in [-0.2, -0.15) is 5.10 Å². The van der Waals surface area contributed by atoms with E-state index in [9.17, 15) is 14.0 Å². The van der Waals surface area contributed by atoms with Crippen molar-refractivity contribution in [3.05, 3.63) is 88.1 Å². The number of hydrazone groups is 1. The van der Waals surface area contributed by atoms with Crippen LogP contribution in [0.4, 0.5) is 4.39 Å². The lowest BCUT2D eigenvalue weighted by atomic mass is 9.93. The van der Waals surface area contributed by atoms with Crippen LogP contribution in [-0.2, 0) is 6.42 Å². The average molecular weight is 420 g/mol. The second-order valence-corrected chi connectivity index (χ2v) is 7.37. The first-order chi connectivity index (χ1) is 14.9. The topological polar surface area (TPSA) is 80.9 Å². The summed E-state index contributed by atoms with van der Waals surface area (Å²) in [5.74, 6) is -0.443. The summed E-state index contributed by atoms with van der Waals surface area (Å²) in [6.45, 7) is 3.62. The Morgan fingerprint density at radius 2 is 1.81 bits per heavy atom. The fourth-order valence-electron chi connectivity index (χ4n) is 3.64. The molecule has 3 aromatic rings. The van der Waals surface area contributed by atoms with Gasteiger partial charge in [0.05, 0.1) is 5.71 Å². The highest BCUT2D eigenvalue weighted by atomic mass is 19.1. The van der Waals surface area contributed by atoms with Crippen molar-refractivity contribution in [3.8, 4) is 5.75 Å². The maximum atomic E-state index is 13.1. The van der Waals surface area contributed by atoms with Crippen LogP contribution in [0.5, 0.6) is 5.75 Å². The number of esters is 1. The number of carbonyl (C=O) groups excluding carboxylic acids is 2. The van der Waals surface area contributed by atoms with E-state index in [2.05, 4.69) is 10.5 Å². The largest absolute Gasteiger partial charge is 0.453 e. The Morgan fingerprint density at radius 3 is 2.55 bits per heavy atom. The van der Waals surface area contributed by atoms with Crippen molar-refractivity contribution >= 4 is 17.6 Å². The van der Waals surface area contributed by atoms with Crippen LogP contribution < -0.4 is 10.2 Å². The number of ether oxygens (including phenoxy) is 1. The number of halogens is 1. The van der Waals surface area contributed by atoms with Gasteiger partial charge in [0.2, 0.25) is 5.76 Å². The van der Waals surface area contributed by atoms with Gasteiger partial charge in [-0.25, -0.2) is 14.6 Å². The van der Waals surface area contributed by atoms with Gasteiger partial charge in [0.1, 0.15) is 17.3 Å². The van der Waals surface area contributed by atoms with Crippen LogP contribution in [0.1, 0.15) is 56.2 Å². The highest BCUT2D eigenvalue weighted by Crippen LogP contribution is 2.30. The van der Waals surface area contributed by atoms with Gasteiger partial charge in [-0.1, -0.05) is 18.2 Å². The molecule has 1 aliphatic rings. The molecular weight excluding hydrogens is 399 g/mol. The SMILES string of the molecule is Cc1ccccc1C(=O)N/N=C1\CCCc2oc(C(=O)Oc3ccc(F)cc3)c(C)c21. The molecule has 158 valence electrons. The van der Waals surface area contributed by atoms with E-state index in [1.165, 1.54) is 24.3 Å². The Bertz CT molecular complexity index is 1180. The number of nitrogens with zero attached hydrogens (tertiary/aromatic N) is 1. The van der Waals surface area contributed by atoms with E-state index in [0.717, 1.165) is 17.5 Å². The molecular formula is C24H21FN2O4. The number of aryl methyl sites for hydroxylation is 2. The molecule has 0 spiro atoms. The van der Waals surface area contributed by atoms with E-state index in [-0.39, 0.29) is 17.4 Å². The molecule has 6 nitrogen and oxygen atoms in total. The first-order valence-corrected chi connectivity index (χ1v) is 9.97. The van der Waals surface area contributed by atoms with Crippen LogP contribution in [-0.4, -0.2) is 17.6 Å². The van der Waals surface area contributed by atoms with Gasteiger partial charge < -0.3 is 9.15 Å². The van der Waals surface area contributed by atoms with Crippen molar-refractivity contribution in [2.24, 2.45) is 5.10 Å². The summed E-state index contributed by atoms with van der Waals surface area (Å²) in [6.07, 6.45) is 2.09. The third-order valence-electron chi connectivity index (χ3n) is 5.22. The van der Waals surface area contributed by atoms with Gasteiger partial charge in [0, 0.05) is 23.1 Å². The number of furan rings is 1. The van der Waals surface area contributed by atoms with Gasteiger partial charge in [0.15, 0.2) is 0 Å². The standard InChI is InChI=1S/C24H21FN2O4/c1-14-6-3-4-7-18(14)23(28)27-26-19-8-5-9-20-21(19)15(2)22(31-20)24(29)30-17-12-10-16(25)11-13-17/h3-4,6-7,10-13H,5,8-9H2,1-2H3,(H,27,28)/b26-19+. The van der Waals surface area contributed by atoms with Gasteiger partial charge in [0.25, 0.3) is 5.91 Å². The molecule has 0 bridgehead atoms. The Labute approximate surface area is 178 Å². The minimum Gasteiger partial charge on any atom is -0.453 e. The van der Waals surface area contributed by atoms with Crippen LogP contribution in [0.15, 0.2) is 58.0 Å². The Kier molecular flexibility index (Phi) is 5.66. The fourth-order valence-corrected chi connectivity index (χ4v) is 3.64. The maximum absolute atomic E-state index is 13.1. The zero-order chi connectivity index (χ0) is 22.0. The molecule has 0 saturated heterocycles. The summed E-state index contributed by atoms with van der Waals surface area (Å²) in [6, 6.07) is 12.4. The molecule has 0 aliphatic heterocycles. The summed E-state index contributed by atoms with van der Waals surface area (Å²) >= 11 is 0. The number of amides is 1. The number of rotatable bonds is 4. The summed E-state index contributed by atoms with van der Waals surface area (Å²) in [5, 5.41) is 4.33. The van der Waals surface area contributed by atoms with Crippen molar-refractivity contribution < 1.29 is 23.1 Å². The first-order valence-electron chi connectivity index (χ1n) is 9.97. The van der Waals surface area contributed by atoms with E-state index in [1.807, 2.05) is 19.1 Å². The second-order valence-electron chi connectivity index (χ2n) is 7.37. The van der Waals surface area contributed by atoms with Crippen molar-refractivity contribution in [2.45, 2.75) is 33.1 Å². The van der Waals surface area contributed by atoms with E-state index < -0.39 is 11.8 Å². The number of carbonyl (C=O) groups is 2. The highest BCUT2D eigenvalue weighted by molar-refractivity contribution is 6.07. The van der Waals surface area contributed by atoms with E-state index in [4.69, 9.17) is 9.15 Å². The molecule has 4 rings (SSSR count). The highest BCUT2D eigenvalue weighted by Gasteiger charge is 2.29. The summed E-state index contributed by atoms with van der Waals surface area (Å²) in [4.78, 5) is 25.1. The second kappa shape index (κ2) is 8.55. The molecule has 1 N–H and O–H groups in total. The lowest BCUT2D eigenvalue weighted by Crippen LogP contribution is -2.22. The third-order valence-corrected chi connectivity index (χ3v) is 5.22. The zero-order valence-corrected chi connectivity index (χ0v) is 17.2. The third kappa shape index (κ3) is 4.26. The van der Waals surface area contributed by atoms with Crippen LogP contribution in [0.25, 0.3) is 0 Å². The van der Waals surface area contributed by atoms with Gasteiger partial charge in [-0.05, 0) is 62.6 Å². The minimum absolute atomic E-state index is 0.0779. The van der Waals surface area contributed by atoms with E-state index in [0.29, 0.717) is 35.4 Å². The summed E-state index contributed by atoms with van der Waals surface area (Å²) in [7, 11) is 0. The molecule has 1 aromatic heterocycles. The molecule has 1 amide bonds. The van der Waals surface area contributed by atoms with Crippen molar-refractivity contribution in [3.63, 3.8) is 0 Å². The number of benzene rings is 2. The monoisotopic (exact) mass is 420 g/mol. The minimum atomic E-state index is -0.665. The lowest BCUT2D eigenvalue weighted by molar-refractivity contribution is 0.0698. The fraction of sp³-hybridized carbons (Fsp3) is 0.208. The molecule has 1 heterocycles. The molecule has 0 atom stereocenters. The number of fused-ring (bicyclic) bond motifs is 1. The predicted octanol–water partition coefficient (Wildman–Crippen LogP) is 4.73. The zero-order valence-electron chi connectivity index (χ0n) is 17.2. The molecule has 0 saturated carbocycles. The number of nitrogens with one attached hydrogen (secondary N) is 1. The smallest absolute Gasteiger partial charge is 0.379 e. The molecule has 7 heteroatoms. The number of hydrogen-bond acceptors (Lipinski definition) is 5. The van der Waals surface area contributed by atoms with Crippen LogP contribution in [0.2, 0.25) is 0 Å². The molecule has 0 radical (unpaired) electrons. The molecule has 31 heavy (non-hydrogen) atoms. The number of hydrogen-bond donors (Lipinski definition) is 1. The van der Waals surface area contributed by atoms with Crippen molar-refractivity contribution in [1.29, 1.82) is 0 Å². The Morgan fingerprint density at radius 1 is 1.06 bits per heavy atom. The Hall–Kier alpha value is -3.74. The van der Waals surface area contributed by atoms with E-state index >= 15 is 0 Å². The molecule has 1 aliphatic carbocycles. The summed E-state index contributed by atoms with van der Waals surface area (Å²) in [5.41, 5.74) is 6.01. The molecule has 0 unspecified atom stereocenters. The van der Waals surface area contributed by atoms with E-state index in [1.54, 1.807) is 19.1 Å². The van der Waals surface area contributed by atoms with Crippen LogP contribution in [0, 0.1) is 19.7 Å². The molecule has 2 aromatic carbocycles. The summed E-state index contributed by atoms with van der Waals surface area (Å²) < 4.78 is 24.2. The van der Waals surface area contributed by atoms with Crippen molar-refractivity contribution in [1.82, 2.24) is 5.43 Å². The normalized spacial score (nSPS) is 14.2. The van der Waals surface area contributed by atoms with Crippen molar-refractivity contribution in [2.75, 3.05) is 0 Å². The van der Waals surface area contributed by atoms with Crippen LogP contribution >= 0.6 is 0 Å². The molecule has 0 fully saturated rings. The lowest BCUT2D eigenvalue weighted by Gasteiger charge is -2.13. The Balaban J connectivity index is 1.57. The van der Waals surface area contributed by atoms with Gasteiger partial charge in [-0.3, -0.25) is 4.79 Å². The predicted molar refractivity (Wildman–Crippen MR) is 113 cm³/mol. The van der Waals surface area contributed by atoms with Gasteiger partial charge in [-0.15, -0.1) is 0 Å². The maximum Gasteiger partial charge on any atom is 0.379 e. The first kappa shape index (κ1) is 20.5. The average Bonchev–Trinajstić information content (AvgIpc) is 3.11.